The summed E-state index contributed by atoms with van der Waals surface area (Å²) in [6.45, 7) is 4.67. The number of hydrogen-bond acceptors (Lipinski definition) is 1. The van der Waals surface area contributed by atoms with Gasteiger partial charge in [0, 0.05) is 0 Å². The van der Waals surface area contributed by atoms with Crippen molar-refractivity contribution in [2.75, 3.05) is 0 Å². The van der Waals surface area contributed by atoms with Gasteiger partial charge in [-0.05, 0) is 24.7 Å². The molecule has 1 aliphatic heterocycles. The van der Waals surface area contributed by atoms with Crippen LogP contribution in [0, 0.1) is 11.8 Å². The van der Waals surface area contributed by atoms with Gasteiger partial charge in [0.2, 0.25) is 0 Å². The van der Waals surface area contributed by atoms with E-state index in [1.165, 1.54) is 12.8 Å². The van der Waals surface area contributed by atoms with E-state index in [4.69, 9.17) is 4.74 Å². The van der Waals surface area contributed by atoms with Gasteiger partial charge in [0.1, 0.15) is 0 Å². The molecule has 0 bridgehead atoms. The van der Waals surface area contributed by atoms with Crippen molar-refractivity contribution in [3.63, 3.8) is 0 Å². The minimum Gasteiger partial charge on any atom is -0.370 e. The summed E-state index contributed by atoms with van der Waals surface area (Å²) in [6, 6.07) is 0. The van der Waals surface area contributed by atoms with Gasteiger partial charge >= 0.3 is 0 Å². The molecule has 1 heteroatoms. The molecule has 1 saturated heterocycles. The lowest BCUT2D eigenvalue weighted by Gasteiger charge is -2.21. The summed E-state index contributed by atoms with van der Waals surface area (Å²) in [6.07, 6.45) is 3.95. The Bertz CT molecular complexity index is 108. The summed E-state index contributed by atoms with van der Waals surface area (Å²) in [5.41, 5.74) is 0. The molecule has 0 unspecified atom stereocenters. The van der Waals surface area contributed by atoms with Crippen LogP contribution in [0.3, 0.4) is 0 Å². The van der Waals surface area contributed by atoms with Gasteiger partial charge in [-0.1, -0.05) is 13.8 Å². The van der Waals surface area contributed by atoms with E-state index in [2.05, 4.69) is 13.8 Å². The molecule has 4 atom stereocenters. The first kappa shape index (κ1) is 5.72. The molecule has 2 fully saturated rings. The summed E-state index contributed by atoms with van der Waals surface area (Å²) in [5.74, 6) is 1.79. The predicted molar refractivity (Wildman–Crippen MR) is 36.2 cm³/mol. The van der Waals surface area contributed by atoms with Crippen LogP contribution in [0.2, 0.25) is 0 Å². The van der Waals surface area contributed by atoms with Crippen LogP contribution in [0.15, 0.2) is 0 Å². The second-order valence-electron chi connectivity index (χ2n) is 3.64. The van der Waals surface area contributed by atoms with Crippen molar-refractivity contribution in [2.24, 2.45) is 11.8 Å². The molecule has 1 saturated carbocycles. The van der Waals surface area contributed by atoms with Gasteiger partial charge < -0.3 is 4.74 Å². The van der Waals surface area contributed by atoms with Crippen LogP contribution in [-0.4, -0.2) is 12.2 Å². The Hall–Kier alpha value is -0.0400. The Kier molecular flexibility index (Phi) is 1.10. The molecule has 0 N–H and O–H groups in total. The van der Waals surface area contributed by atoms with Crippen molar-refractivity contribution in [2.45, 2.75) is 38.9 Å². The molecular weight excluding hydrogens is 112 g/mol. The highest BCUT2D eigenvalue weighted by molar-refractivity contribution is 4.93. The van der Waals surface area contributed by atoms with E-state index in [1.807, 2.05) is 0 Å². The first-order chi connectivity index (χ1) is 4.27. The maximum atomic E-state index is 5.42. The first-order valence-corrected chi connectivity index (χ1v) is 3.93. The molecule has 0 amide bonds. The summed E-state index contributed by atoms with van der Waals surface area (Å²) in [7, 11) is 0. The van der Waals surface area contributed by atoms with Crippen LogP contribution in [-0.2, 0) is 4.74 Å². The summed E-state index contributed by atoms with van der Waals surface area (Å²) < 4.78 is 5.42. The largest absolute Gasteiger partial charge is 0.370 e. The van der Waals surface area contributed by atoms with Gasteiger partial charge in [0.05, 0.1) is 12.2 Å². The molecular formula is C8H14O. The molecule has 0 aromatic heterocycles. The molecule has 0 radical (unpaired) electrons. The highest BCUT2D eigenvalue weighted by Crippen LogP contribution is 2.42. The minimum absolute atomic E-state index is 0.663. The van der Waals surface area contributed by atoms with E-state index in [0.717, 1.165) is 11.8 Å². The van der Waals surface area contributed by atoms with Crippen LogP contribution in [0.5, 0.6) is 0 Å². The van der Waals surface area contributed by atoms with Crippen molar-refractivity contribution in [1.29, 1.82) is 0 Å². The van der Waals surface area contributed by atoms with E-state index in [1.54, 1.807) is 0 Å². The Morgan fingerprint density at radius 2 is 1.44 bits per heavy atom. The summed E-state index contributed by atoms with van der Waals surface area (Å²) >= 11 is 0. The number of rotatable bonds is 0. The number of hydrogen-bond donors (Lipinski definition) is 0. The van der Waals surface area contributed by atoms with Gasteiger partial charge in [-0.2, -0.15) is 0 Å². The van der Waals surface area contributed by atoms with Crippen molar-refractivity contribution >= 4 is 0 Å². The first-order valence-electron chi connectivity index (χ1n) is 3.93. The quantitative estimate of drug-likeness (QED) is 0.451. The van der Waals surface area contributed by atoms with Crippen LogP contribution >= 0.6 is 0 Å². The molecule has 0 aromatic rings. The van der Waals surface area contributed by atoms with Crippen LogP contribution in [0.25, 0.3) is 0 Å². The molecule has 0 spiro atoms. The van der Waals surface area contributed by atoms with Crippen LogP contribution < -0.4 is 0 Å². The lowest BCUT2D eigenvalue weighted by molar-refractivity contribution is 0.309. The van der Waals surface area contributed by atoms with Gasteiger partial charge in [-0.15, -0.1) is 0 Å². The van der Waals surface area contributed by atoms with E-state index < -0.39 is 0 Å². The topological polar surface area (TPSA) is 12.5 Å². The third kappa shape index (κ3) is 0.877. The third-order valence-electron chi connectivity index (χ3n) is 2.87. The van der Waals surface area contributed by atoms with Crippen molar-refractivity contribution in [3.8, 4) is 0 Å². The van der Waals surface area contributed by atoms with E-state index in [0.29, 0.717) is 12.2 Å². The molecule has 52 valence electrons. The standard InChI is InChI=1S/C8H14O/c1-5-3-7-8(9-7)4-6(5)2/h5-8H,3-4H2,1-2H3/t5-,6-,7-,8+/m1/s1. The zero-order valence-corrected chi connectivity index (χ0v) is 6.13. The average Bonchev–Trinajstić information content (AvgIpc) is 2.46. The van der Waals surface area contributed by atoms with E-state index >= 15 is 0 Å². The Morgan fingerprint density at radius 1 is 1.00 bits per heavy atom. The van der Waals surface area contributed by atoms with Crippen molar-refractivity contribution in [3.05, 3.63) is 0 Å². The van der Waals surface area contributed by atoms with Crippen molar-refractivity contribution in [1.82, 2.24) is 0 Å². The lowest BCUT2D eigenvalue weighted by atomic mass is 9.82. The zero-order chi connectivity index (χ0) is 6.43. The Labute approximate surface area is 56.4 Å². The number of epoxide rings is 1. The fourth-order valence-electron chi connectivity index (χ4n) is 1.79. The number of fused-ring (bicyclic) bond motifs is 1. The van der Waals surface area contributed by atoms with Gasteiger partial charge in [0.25, 0.3) is 0 Å². The molecule has 0 aromatic carbocycles. The Morgan fingerprint density at radius 3 is 1.89 bits per heavy atom. The maximum absolute atomic E-state index is 5.42. The third-order valence-corrected chi connectivity index (χ3v) is 2.87. The highest BCUT2D eigenvalue weighted by atomic mass is 16.6. The zero-order valence-electron chi connectivity index (χ0n) is 6.13. The van der Waals surface area contributed by atoms with Crippen LogP contribution in [0.4, 0.5) is 0 Å². The molecule has 1 aliphatic carbocycles. The second-order valence-corrected chi connectivity index (χ2v) is 3.64. The molecule has 2 rings (SSSR count). The summed E-state index contributed by atoms with van der Waals surface area (Å²) in [5, 5.41) is 0. The number of ether oxygens (including phenoxy) is 1. The van der Waals surface area contributed by atoms with E-state index in [9.17, 15) is 0 Å². The van der Waals surface area contributed by atoms with Crippen LogP contribution in [0.1, 0.15) is 26.7 Å². The Balaban J connectivity index is 1.98. The maximum Gasteiger partial charge on any atom is 0.0844 e. The smallest absolute Gasteiger partial charge is 0.0844 e. The normalized spacial score (nSPS) is 56.7. The minimum atomic E-state index is 0.663. The molecule has 9 heavy (non-hydrogen) atoms. The monoisotopic (exact) mass is 126 g/mol. The molecule has 1 nitrogen and oxygen atoms in total. The SMILES string of the molecule is C[C@@H]1C[C@@H]2O[C@@H]2C[C@H]1C. The molecule has 2 aliphatic rings. The summed E-state index contributed by atoms with van der Waals surface area (Å²) in [4.78, 5) is 0. The van der Waals surface area contributed by atoms with E-state index in [-0.39, 0.29) is 0 Å². The predicted octanol–water partition coefficient (Wildman–Crippen LogP) is 1.82. The van der Waals surface area contributed by atoms with Gasteiger partial charge in [-0.25, -0.2) is 0 Å². The molecule has 1 heterocycles. The second kappa shape index (κ2) is 1.72. The fraction of sp³-hybridized carbons (Fsp3) is 1.00. The van der Waals surface area contributed by atoms with Gasteiger partial charge in [0.15, 0.2) is 0 Å². The fourth-order valence-corrected chi connectivity index (χ4v) is 1.79. The lowest BCUT2D eigenvalue weighted by Crippen LogP contribution is -2.19. The highest BCUT2D eigenvalue weighted by Gasteiger charge is 2.45. The average molecular weight is 126 g/mol. The van der Waals surface area contributed by atoms with Gasteiger partial charge in [-0.3, -0.25) is 0 Å². The van der Waals surface area contributed by atoms with Crippen molar-refractivity contribution < 1.29 is 4.74 Å².